The molecule has 0 spiro atoms. The van der Waals surface area contributed by atoms with Crippen molar-refractivity contribution >= 4 is 11.8 Å². The summed E-state index contributed by atoms with van der Waals surface area (Å²) in [5.74, 6) is -0.333. The maximum atomic E-state index is 12.5. The lowest BCUT2D eigenvalue weighted by Crippen LogP contribution is -2.59. The maximum absolute atomic E-state index is 12.5. The van der Waals surface area contributed by atoms with Gasteiger partial charge in [-0.3, -0.25) is 19.2 Å². The van der Waals surface area contributed by atoms with Crippen LogP contribution in [-0.4, -0.2) is 63.6 Å². The second kappa shape index (κ2) is 8.81. The van der Waals surface area contributed by atoms with E-state index < -0.39 is 6.04 Å². The Morgan fingerprint density at radius 3 is 2.59 bits per heavy atom. The van der Waals surface area contributed by atoms with Crippen LogP contribution in [0.1, 0.15) is 17.7 Å². The first-order valence-corrected chi connectivity index (χ1v) is 9.38. The summed E-state index contributed by atoms with van der Waals surface area (Å²) in [5.41, 5.74) is 7.79. The van der Waals surface area contributed by atoms with Crippen LogP contribution in [0.3, 0.4) is 0 Å². The third kappa shape index (κ3) is 5.17. The number of aryl methyl sites for hydroxylation is 2. The molecule has 2 heterocycles. The third-order valence-electron chi connectivity index (χ3n) is 5.03. The molecular weight excluding hydrogens is 342 g/mol. The van der Waals surface area contributed by atoms with E-state index >= 15 is 0 Å². The SMILES string of the molecule is Cc1ccn(CCC(=O)N2CCN(CCc3ccccc3)[C@H](C(N)=O)C2)n1. The van der Waals surface area contributed by atoms with E-state index in [1.54, 1.807) is 9.58 Å². The molecule has 2 aromatic rings. The smallest absolute Gasteiger partial charge is 0.236 e. The van der Waals surface area contributed by atoms with Gasteiger partial charge >= 0.3 is 0 Å². The first-order chi connectivity index (χ1) is 13.0. The topological polar surface area (TPSA) is 84.5 Å². The quantitative estimate of drug-likeness (QED) is 0.783. The van der Waals surface area contributed by atoms with Crippen LogP contribution < -0.4 is 5.73 Å². The fourth-order valence-corrected chi connectivity index (χ4v) is 3.46. The number of nitrogens with zero attached hydrogens (tertiary/aromatic N) is 4. The standard InChI is InChI=1S/C20H27N5O2/c1-16-7-11-25(22-16)12-9-19(26)24-14-13-23(18(15-24)20(21)27)10-8-17-5-3-2-4-6-17/h2-7,11,18H,8-10,12-15H2,1H3,(H2,21,27)/t18-/m0/s1. The number of benzene rings is 1. The Bertz CT molecular complexity index is 774. The normalized spacial score (nSPS) is 17.8. The van der Waals surface area contributed by atoms with Crippen LogP contribution in [-0.2, 0) is 22.6 Å². The molecule has 27 heavy (non-hydrogen) atoms. The van der Waals surface area contributed by atoms with E-state index in [4.69, 9.17) is 5.73 Å². The molecule has 0 saturated carbocycles. The predicted molar refractivity (Wildman–Crippen MR) is 103 cm³/mol. The second-order valence-electron chi connectivity index (χ2n) is 7.00. The lowest BCUT2D eigenvalue weighted by atomic mass is 10.1. The Kier molecular flexibility index (Phi) is 6.24. The highest BCUT2D eigenvalue weighted by Gasteiger charge is 2.32. The van der Waals surface area contributed by atoms with E-state index in [1.807, 2.05) is 37.4 Å². The summed E-state index contributed by atoms with van der Waals surface area (Å²) >= 11 is 0. The Labute approximate surface area is 159 Å². The van der Waals surface area contributed by atoms with Gasteiger partial charge in [0.15, 0.2) is 0 Å². The molecule has 1 aromatic carbocycles. The van der Waals surface area contributed by atoms with Gasteiger partial charge < -0.3 is 10.6 Å². The van der Waals surface area contributed by atoms with Gasteiger partial charge in [0.25, 0.3) is 0 Å². The maximum Gasteiger partial charge on any atom is 0.236 e. The number of hydrogen-bond acceptors (Lipinski definition) is 4. The van der Waals surface area contributed by atoms with E-state index in [-0.39, 0.29) is 11.8 Å². The Morgan fingerprint density at radius 1 is 1.15 bits per heavy atom. The van der Waals surface area contributed by atoms with Gasteiger partial charge in [0.2, 0.25) is 11.8 Å². The molecule has 0 radical (unpaired) electrons. The fraction of sp³-hybridized carbons (Fsp3) is 0.450. The molecule has 7 nitrogen and oxygen atoms in total. The first kappa shape index (κ1) is 19.1. The van der Waals surface area contributed by atoms with E-state index in [2.05, 4.69) is 22.1 Å². The lowest BCUT2D eigenvalue weighted by molar-refractivity contribution is -0.137. The van der Waals surface area contributed by atoms with Crippen molar-refractivity contribution < 1.29 is 9.59 Å². The van der Waals surface area contributed by atoms with Crippen molar-refractivity contribution in [3.8, 4) is 0 Å². The van der Waals surface area contributed by atoms with Crippen molar-refractivity contribution in [2.24, 2.45) is 5.73 Å². The van der Waals surface area contributed by atoms with Crippen LogP contribution in [0.5, 0.6) is 0 Å². The van der Waals surface area contributed by atoms with Gasteiger partial charge in [0, 0.05) is 45.3 Å². The van der Waals surface area contributed by atoms with Crippen LogP contribution in [0.2, 0.25) is 0 Å². The summed E-state index contributed by atoms with van der Waals surface area (Å²) in [6.07, 6.45) is 3.10. The largest absolute Gasteiger partial charge is 0.368 e. The van der Waals surface area contributed by atoms with Crippen LogP contribution in [0.15, 0.2) is 42.6 Å². The molecule has 1 aliphatic rings. The van der Waals surface area contributed by atoms with Gasteiger partial charge in [0.1, 0.15) is 6.04 Å². The molecule has 1 saturated heterocycles. The molecule has 1 fully saturated rings. The summed E-state index contributed by atoms with van der Waals surface area (Å²) < 4.78 is 1.77. The molecule has 2 amide bonds. The van der Waals surface area contributed by atoms with E-state index in [9.17, 15) is 9.59 Å². The minimum absolute atomic E-state index is 0.0390. The zero-order valence-corrected chi connectivity index (χ0v) is 15.8. The highest BCUT2D eigenvalue weighted by atomic mass is 16.2. The Balaban J connectivity index is 1.53. The number of nitrogens with two attached hydrogens (primary N) is 1. The summed E-state index contributed by atoms with van der Waals surface area (Å²) in [7, 11) is 0. The van der Waals surface area contributed by atoms with Crippen molar-refractivity contribution in [2.45, 2.75) is 32.4 Å². The average molecular weight is 369 g/mol. The van der Waals surface area contributed by atoms with Crippen molar-refractivity contribution in [3.05, 3.63) is 53.9 Å². The molecule has 1 atom stereocenters. The third-order valence-corrected chi connectivity index (χ3v) is 5.03. The average Bonchev–Trinajstić information content (AvgIpc) is 3.10. The van der Waals surface area contributed by atoms with Gasteiger partial charge in [-0.2, -0.15) is 5.10 Å². The highest BCUT2D eigenvalue weighted by Crippen LogP contribution is 2.13. The number of hydrogen-bond donors (Lipinski definition) is 1. The number of rotatable bonds is 7. The molecule has 7 heteroatoms. The summed E-state index contributed by atoms with van der Waals surface area (Å²) in [4.78, 5) is 28.3. The van der Waals surface area contributed by atoms with Crippen molar-refractivity contribution in [2.75, 3.05) is 26.2 Å². The van der Waals surface area contributed by atoms with Crippen LogP contribution >= 0.6 is 0 Å². The minimum atomic E-state index is -0.432. The molecule has 0 unspecified atom stereocenters. The first-order valence-electron chi connectivity index (χ1n) is 9.38. The molecule has 2 N–H and O–H groups in total. The molecule has 1 aromatic heterocycles. The molecule has 144 valence electrons. The number of primary amides is 1. The van der Waals surface area contributed by atoms with Crippen LogP contribution in [0.4, 0.5) is 0 Å². The van der Waals surface area contributed by atoms with Crippen LogP contribution in [0.25, 0.3) is 0 Å². The van der Waals surface area contributed by atoms with Gasteiger partial charge in [-0.15, -0.1) is 0 Å². The van der Waals surface area contributed by atoms with E-state index in [0.29, 0.717) is 32.6 Å². The summed E-state index contributed by atoms with van der Waals surface area (Å²) in [6.45, 7) is 4.86. The van der Waals surface area contributed by atoms with Crippen molar-refractivity contribution in [3.63, 3.8) is 0 Å². The number of piperazine rings is 1. The van der Waals surface area contributed by atoms with E-state index in [0.717, 1.165) is 18.7 Å². The van der Waals surface area contributed by atoms with Gasteiger partial charge in [-0.1, -0.05) is 30.3 Å². The Hall–Kier alpha value is -2.67. The monoisotopic (exact) mass is 369 g/mol. The van der Waals surface area contributed by atoms with Gasteiger partial charge in [0.05, 0.1) is 5.69 Å². The summed E-state index contributed by atoms with van der Waals surface area (Å²) in [5, 5.41) is 4.30. The summed E-state index contributed by atoms with van der Waals surface area (Å²) in [6, 6.07) is 11.7. The predicted octanol–water partition coefficient (Wildman–Crippen LogP) is 0.822. The molecule has 3 rings (SSSR count). The molecule has 0 aliphatic carbocycles. The fourth-order valence-electron chi connectivity index (χ4n) is 3.46. The van der Waals surface area contributed by atoms with E-state index in [1.165, 1.54) is 5.56 Å². The molecular formula is C20H27N5O2. The van der Waals surface area contributed by atoms with Gasteiger partial charge in [-0.25, -0.2) is 0 Å². The molecule has 1 aliphatic heterocycles. The van der Waals surface area contributed by atoms with Crippen molar-refractivity contribution in [1.82, 2.24) is 19.6 Å². The second-order valence-corrected chi connectivity index (χ2v) is 7.00. The van der Waals surface area contributed by atoms with Crippen molar-refractivity contribution in [1.29, 1.82) is 0 Å². The number of amides is 2. The lowest BCUT2D eigenvalue weighted by Gasteiger charge is -2.40. The minimum Gasteiger partial charge on any atom is -0.368 e. The zero-order chi connectivity index (χ0) is 19.2. The van der Waals surface area contributed by atoms with Crippen LogP contribution in [0, 0.1) is 6.92 Å². The number of aromatic nitrogens is 2. The number of carbonyl (C=O) groups is 2. The zero-order valence-electron chi connectivity index (χ0n) is 15.8. The number of carbonyl (C=O) groups excluding carboxylic acids is 2. The highest BCUT2D eigenvalue weighted by molar-refractivity contribution is 5.82. The molecule has 0 bridgehead atoms. The van der Waals surface area contributed by atoms with Gasteiger partial charge in [-0.05, 0) is 25.0 Å². The Morgan fingerprint density at radius 2 is 1.93 bits per heavy atom.